The standard InChI is InChI=1S/C4H3F2NO2S/c5-4(6,3(8)9)1-7-2-10/h1H2,(H,8,9). The van der Waals surface area contributed by atoms with E-state index in [1.807, 2.05) is 0 Å². The van der Waals surface area contributed by atoms with Gasteiger partial charge < -0.3 is 5.11 Å². The highest BCUT2D eigenvalue weighted by atomic mass is 32.1. The molecule has 0 aromatic rings. The van der Waals surface area contributed by atoms with Crippen LogP contribution in [0.1, 0.15) is 0 Å². The molecule has 0 aliphatic rings. The summed E-state index contributed by atoms with van der Waals surface area (Å²) in [5.74, 6) is -6.03. The minimum absolute atomic E-state index is 1.15. The molecule has 1 N–H and O–H groups in total. The van der Waals surface area contributed by atoms with E-state index in [0.717, 1.165) is 0 Å². The maximum Gasteiger partial charge on any atom is 0.376 e. The number of carboxylic acid groups (broad SMARTS) is 1. The highest BCUT2D eigenvalue weighted by Crippen LogP contribution is 2.12. The van der Waals surface area contributed by atoms with E-state index < -0.39 is 18.4 Å². The molecule has 0 aliphatic heterocycles. The largest absolute Gasteiger partial charge is 0.477 e. The van der Waals surface area contributed by atoms with Crippen molar-refractivity contribution in [3.05, 3.63) is 0 Å². The van der Waals surface area contributed by atoms with Crippen LogP contribution in [0.4, 0.5) is 8.78 Å². The molecule has 0 saturated carbocycles. The Morgan fingerprint density at radius 2 is 2.30 bits per heavy atom. The van der Waals surface area contributed by atoms with Crippen molar-refractivity contribution in [1.29, 1.82) is 0 Å². The fourth-order valence-electron chi connectivity index (χ4n) is 0.199. The zero-order valence-corrected chi connectivity index (χ0v) is 5.49. The average molecular weight is 167 g/mol. The molecule has 0 radical (unpaired) electrons. The number of carboxylic acids is 1. The molecule has 0 amide bonds. The van der Waals surface area contributed by atoms with Gasteiger partial charge in [-0.3, -0.25) is 0 Å². The van der Waals surface area contributed by atoms with E-state index in [1.165, 1.54) is 0 Å². The van der Waals surface area contributed by atoms with Gasteiger partial charge in [0.15, 0.2) is 0 Å². The molecule has 0 rings (SSSR count). The summed E-state index contributed by atoms with van der Waals surface area (Å²) in [6, 6.07) is 0. The third kappa shape index (κ3) is 2.61. The molecule has 0 spiro atoms. The van der Waals surface area contributed by atoms with Crippen molar-refractivity contribution in [2.45, 2.75) is 5.92 Å². The van der Waals surface area contributed by atoms with Gasteiger partial charge in [-0.05, 0) is 12.2 Å². The molecule has 0 aromatic carbocycles. The first-order valence-corrected chi connectivity index (χ1v) is 2.56. The SMILES string of the molecule is O=C(O)C(F)(F)CN=C=S. The lowest BCUT2D eigenvalue weighted by Crippen LogP contribution is -2.31. The molecule has 0 atom stereocenters. The van der Waals surface area contributed by atoms with E-state index in [4.69, 9.17) is 5.11 Å². The molecule has 0 saturated heterocycles. The first kappa shape index (κ1) is 9.13. The van der Waals surface area contributed by atoms with E-state index in [-0.39, 0.29) is 0 Å². The Hall–Kier alpha value is -0.870. The highest BCUT2D eigenvalue weighted by Gasteiger charge is 2.38. The van der Waals surface area contributed by atoms with Crippen LogP contribution in [0.25, 0.3) is 0 Å². The normalized spacial score (nSPS) is 10.2. The summed E-state index contributed by atoms with van der Waals surface area (Å²) in [6.07, 6.45) is 0. The number of nitrogens with zero attached hydrogens (tertiary/aromatic N) is 1. The van der Waals surface area contributed by atoms with Crippen LogP contribution in [0.15, 0.2) is 4.99 Å². The number of hydrogen-bond acceptors (Lipinski definition) is 3. The van der Waals surface area contributed by atoms with Crippen molar-refractivity contribution in [3.8, 4) is 0 Å². The first-order valence-electron chi connectivity index (χ1n) is 2.15. The summed E-state index contributed by atoms with van der Waals surface area (Å²) in [6.45, 7) is -1.15. The van der Waals surface area contributed by atoms with E-state index >= 15 is 0 Å². The maximum atomic E-state index is 12.0. The molecular formula is C4H3F2NO2S. The first-order chi connectivity index (χ1) is 4.50. The molecule has 3 nitrogen and oxygen atoms in total. The van der Waals surface area contributed by atoms with E-state index in [9.17, 15) is 13.6 Å². The third-order valence-electron chi connectivity index (χ3n) is 0.655. The van der Waals surface area contributed by atoms with Crippen LogP contribution in [-0.2, 0) is 4.79 Å². The highest BCUT2D eigenvalue weighted by molar-refractivity contribution is 7.78. The number of halogens is 2. The smallest absolute Gasteiger partial charge is 0.376 e. The monoisotopic (exact) mass is 167 g/mol. The molecule has 0 heterocycles. The van der Waals surface area contributed by atoms with Crippen LogP contribution in [0.3, 0.4) is 0 Å². The van der Waals surface area contributed by atoms with Gasteiger partial charge in [0.05, 0.1) is 5.16 Å². The summed E-state index contributed by atoms with van der Waals surface area (Å²) in [5, 5.41) is 9.44. The number of aliphatic imine (C=N–C) groups is 1. The second-order valence-electron chi connectivity index (χ2n) is 1.42. The second kappa shape index (κ2) is 3.34. The Morgan fingerprint density at radius 3 is 2.60 bits per heavy atom. The average Bonchev–Trinajstić information content (AvgIpc) is 1.84. The molecule has 0 unspecified atom stereocenters. The number of carbonyl (C=O) groups is 1. The van der Waals surface area contributed by atoms with E-state index in [0.29, 0.717) is 0 Å². The Bertz CT molecular complexity index is 188. The number of thiocarbonyl (C=S) groups is 1. The van der Waals surface area contributed by atoms with Crippen molar-refractivity contribution in [2.75, 3.05) is 6.54 Å². The predicted molar refractivity (Wildman–Crippen MR) is 32.5 cm³/mol. The number of alkyl halides is 2. The van der Waals surface area contributed by atoms with Crippen molar-refractivity contribution >= 4 is 23.3 Å². The molecule has 0 bridgehead atoms. The van der Waals surface area contributed by atoms with Gasteiger partial charge in [0.25, 0.3) is 0 Å². The van der Waals surface area contributed by atoms with Crippen LogP contribution >= 0.6 is 12.2 Å². The van der Waals surface area contributed by atoms with Gasteiger partial charge in [0, 0.05) is 0 Å². The van der Waals surface area contributed by atoms with Crippen LogP contribution < -0.4 is 0 Å². The lowest BCUT2D eigenvalue weighted by molar-refractivity contribution is -0.163. The quantitative estimate of drug-likeness (QED) is 0.499. The van der Waals surface area contributed by atoms with Crippen molar-refractivity contribution in [3.63, 3.8) is 0 Å². The van der Waals surface area contributed by atoms with Gasteiger partial charge in [-0.1, -0.05) is 0 Å². The summed E-state index contributed by atoms with van der Waals surface area (Å²) >= 11 is 3.96. The van der Waals surface area contributed by atoms with Crippen LogP contribution in [-0.4, -0.2) is 28.7 Å². The van der Waals surface area contributed by atoms with Crippen molar-refractivity contribution in [1.82, 2.24) is 0 Å². The number of isothiocyanates is 1. The van der Waals surface area contributed by atoms with Gasteiger partial charge in [0.2, 0.25) is 0 Å². The zero-order chi connectivity index (χ0) is 8.20. The Balaban J connectivity index is 4.12. The van der Waals surface area contributed by atoms with Gasteiger partial charge in [-0.2, -0.15) is 8.78 Å². The van der Waals surface area contributed by atoms with Crippen LogP contribution in [0.5, 0.6) is 0 Å². The molecular weight excluding hydrogens is 164 g/mol. The van der Waals surface area contributed by atoms with Gasteiger partial charge in [-0.25, -0.2) is 9.79 Å². The fourth-order valence-corrected chi connectivity index (χ4v) is 0.264. The number of aliphatic carboxylic acids is 1. The molecule has 0 aromatic heterocycles. The van der Waals surface area contributed by atoms with Gasteiger partial charge >= 0.3 is 11.9 Å². The predicted octanol–water partition coefficient (Wildman–Crippen LogP) is 0.809. The number of hydrogen-bond donors (Lipinski definition) is 1. The Kier molecular flexibility index (Phi) is 3.05. The molecule has 56 valence electrons. The Labute approximate surface area is 60.4 Å². The maximum absolute atomic E-state index is 12.0. The van der Waals surface area contributed by atoms with Crippen molar-refractivity contribution < 1.29 is 18.7 Å². The van der Waals surface area contributed by atoms with E-state index in [1.54, 1.807) is 5.16 Å². The minimum Gasteiger partial charge on any atom is -0.477 e. The van der Waals surface area contributed by atoms with Gasteiger partial charge in [0.1, 0.15) is 6.54 Å². The molecule has 10 heavy (non-hydrogen) atoms. The minimum atomic E-state index is -3.83. The van der Waals surface area contributed by atoms with Crippen LogP contribution in [0, 0.1) is 0 Å². The summed E-state index contributed by atoms with van der Waals surface area (Å²) < 4.78 is 23.9. The Morgan fingerprint density at radius 1 is 1.80 bits per heavy atom. The fraction of sp³-hybridized carbons (Fsp3) is 0.500. The summed E-state index contributed by atoms with van der Waals surface area (Å²) in [5.41, 5.74) is 0. The summed E-state index contributed by atoms with van der Waals surface area (Å²) in [7, 11) is 0. The molecule has 0 aliphatic carbocycles. The molecule has 6 heteroatoms. The van der Waals surface area contributed by atoms with Crippen LogP contribution in [0.2, 0.25) is 0 Å². The lowest BCUT2D eigenvalue weighted by Gasteiger charge is -2.04. The zero-order valence-electron chi connectivity index (χ0n) is 4.67. The summed E-state index contributed by atoms with van der Waals surface area (Å²) in [4.78, 5) is 12.5. The second-order valence-corrected chi connectivity index (χ2v) is 1.60. The molecule has 0 fully saturated rings. The topological polar surface area (TPSA) is 49.7 Å². The van der Waals surface area contributed by atoms with Crippen molar-refractivity contribution in [2.24, 2.45) is 4.99 Å². The van der Waals surface area contributed by atoms with Gasteiger partial charge in [-0.15, -0.1) is 0 Å². The lowest BCUT2D eigenvalue weighted by atomic mass is 10.3. The van der Waals surface area contributed by atoms with E-state index in [2.05, 4.69) is 17.2 Å². The third-order valence-corrected chi connectivity index (χ3v) is 0.784. The number of rotatable bonds is 3.